The zero-order chi connectivity index (χ0) is 20.3. The maximum Gasteiger partial charge on any atom is 0.433 e. The van der Waals surface area contributed by atoms with Crippen LogP contribution in [0.4, 0.5) is 13.2 Å². The highest BCUT2D eigenvalue weighted by atomic mass is 19.4. The van der Waals surface area contributed by atoms with Crippen molar-refractivity contribution >= 4 is 5.97 Å². The SMILES string of the molecule is C=C(Cc1nc(-c2ccc(Oc3ccnc(C(F)(F)F)c3)cc2)no1)C(=O)O. The standard InChI is InChI=1S/C18H12F3N3O4/c1-10(17(25)26)8-15-23-16(24-28-15)11-2-4-12(5-3-11)27-13-6-7-22-14(9-13)18(19,20)21/h2-7,9H,1,8H2,(H,25,26). The van der Waals surface area contributed by atoms with Gasteiger partial charge in [-0.05, 0) is 30.3 Å². The summed E-state index contributed by atoms with van der Waals surface area (Å²) in [6, 6.07) is 8.33. The van der Waals surface area contributed by atoms with Crippen LogP contribution in [0.25, 0.3) is 11.4 Å². The van der Waals surface area contributed by atoms with Crippen LogP contribution in [0.1, 0.15) is 11.6 Å². The van der Waals surface area contributed by atoms with Crippen LogP contribution in [0.15, 0.2) is 59.3 Å². The second-order valence-electron chi connectivity index (χ2n) is 5.60. The molecule has 3 rings (SSSR count). The molecule has 3 aromatic rings. The number of carboxylic acid groups (broad SMARTS) is 1. The van der Waals surface area contributed by atoms with Gasteiger partial charge >= 0.3 is 12.1 Å². The fourth-order valence-electron chi connectivity index (χ4n) is 2.14. The molecule has 0 bridgehead atoms. The van der Waals surface area contributed by atoms with E-state index in [1.807, 2.05) is 0 Å². The summed E-state index contributed by atoms with van der Waals surface area (Å²) in [5, 5.41) is 12.6. The first kappa shape index (κ1) is 19.1. The van der Waals surface area contributed by atoms with Crippen molar-refractivity contribution in [2.45, 2.75) is 12.6 Å². The zero-order valence-electron chi connectivity index (χ0n) is 14.1. The van der Waals surface area contributed by atoms with E-state index in [1.54, 1.807) is 12.1 Å². The molecule has 0 saturated carbocycles. The first-order valence-electron chi connectivity index (χ1n) is 7.77. The van der Waals surface area contributed by atoms with Crippen molar-refractivity contribution in [2.24, 2.45) is 0 Å². The number of halogens is 3. The number of hydrogen-bond donors (Lipinski definition) is 1. The average Bonchev–Trinajstić information content (AvgIpc) is 3.10. The molecule has 1 aromatic carbocycles. The number of aliphatic carboxylic acids is 1. The smallest absolute Gasteiger partial charge is 0.433 e. The number of nitrogens with zero attached hydrogens (tertiary/aromatic N) is 3. The molecule has 0 radical (unpaired) electrons. The monoisotopic (exact) mass is 391 g/mol. The third-order valence-corrected chi connectivity index (χ3v) is 3.51. The Morgan fingerprint density at radius 1 is 1.18 bits per heavy atom. The first-order valence-corrected chi connectivity index (χ1v) is 7.77. The number of alkyl halides is 3. The molecule has 2 aromatic heterocycles. The van der Waals surface area contributed by atoms with E-state index in [0.29, 0.717) is 11.3 Å². The molecular weight excluding hydrogens is 379 g/mol. The molecule has 144 valence electrons. The van der Waals surface area contributed by atoms with Gasteiger partial charge < -0.3 is 14.4 Å². The van der Waals surface area contributed by atoms with Crippen LogP contribution < -0.4 is 4.74 Å². The summed E-state index contributed by atoms with van der Waals surface area (Å²) in [6.45, 7) is 3.39. The van der Waals surface area contributed by atoms with E-state index in [1.165, 1.54) is 18.2 Å². The van der Waals surface area contributed by atoms with Crippen LogP contribution in [0.5, 0.6) is 11.5 Å². The van der Waals surface area contributed by atoms with Crippen molar-refractivity contribution < 1.29 is 32.3 Å². The number of pyridine rings is 1. The van der Waals surface area contributed by atoms with E-state index in [-0.39, 0.29) is 29.5 Å². The summed E-state index contributed by atoms with van der Waals surface area (Å²) in [5.41, 5.74) is -0.590. The highest BCUT2D eigenvalue weighted by molar-refractivity contribution is 5.86. The molecule has 28 heavy (non-hydrogen) atoms. The van der Waals surface area contributed by atoms with Gasteiger partial charge in [-0.3, -0.25) is 4.98 Å². The molecule has 0 aliphatic rings. The lowest BCUT2D eigenvalue weighted by atomic mass is 10.2. The molecule has 7 nitrogen and oxygen atoms in total. The van der Waals surface area contributed by atoms with Crippen molar-refractivity contribution in [3.05, 3.63) is 66.3 Å². The van der Waals surface area contributed by atoms with Crippen LogP contribution in [-0.4, -0.2) is 26.2 Å². The molecule has 0 saturated heterocycles. The zero-order valence-corrected chi connectivity index (χ0v) is 14.1. The van der Waals surface area contributed by atoms with E-state index in [2.05, 4.69) is 21.7 Å². The highest BCUT2D eigenvalue weighted by Gasteiger charge is 2.32. The van der Waals surface area contributed by atoms with Crippen molar-refractivity contribution in [2.75, 3.05) is 0 Å². The molecule has 0 amide bonds. The molecule has 0 aliphatic carbocycles. The van der Waals surface area contributed by atoms with Crippen molar-refractivity contribution in [1.29, 1.82) is 0 Å². The Balaban J connectivity index is 1.71. The van der Waals surface area contributed by atoms with E-state index in [0.717, 1.165) is 12.3 Å². The van der Waals surface area contributed by atoms with Crippen molar-refractivity contribution in [3.63, 3.8) is 0 Å². The topological polar surface area (TPSA) is 98.3 Å². The van der Waals surface area contributed by atoms with Gasteiger partial charge in [-0.1, -0.05) is 11.7 Å². The van der Waals surface area contributed by atoms with Crippen molar-refractivity contribution in [1.82, 2.24) is 15.1 Å². The molecule has 1 N–H and O–H groups in total. The van der Waals surface area contributed by atoms with Crippen LogP contribution in [-0.2, 0) is 17.4 Å². The van der Waals surface area contributed by atoms with Gasteiger partial charge in [0.2, 0.25) is 11.7 Å². The third-order valence-electron chi connectivity index (χ3n) is 3.51. The molecule has 10 heteroatoms. The molecule has 0 spiro atoms. The molecule has 0 atom stereocenters. The average molecular weight is 391 g/mol. The van der Waals surface area contributed by atoms with Gasteiger partial charge in [0, 0.05) is 23.4 Å². The number of carboxylic acids is 1. The number of benzene rings is 1. The fourth-order valence-corrected chi connectivity index (χ4v) is 2.14. The summed E-state index contributed by atoms with van der Waals surface area (Å²) in [4.78, 5) is 18.1. The van der Waals surface area contributed by atoms with Gasteiger partial charge in [-0.25, -0.2) is 4.79 Å². The quantitative estimate of drug-likeness (QED) is 0.631. The van der Waals surface area contributed by atoms with Gasteiger partial charge in [0.05, 0.1) is 6.42 Å². The van der Waals surface area contributed by atoms with Crippen LogP contribution in [0, 0.1) is 0 Å². The van der Waals surface area contributed by atoms with Crippen LogP contribution >= 0.6 is 0 Å². The second kappa shape index (κ2) is 7.51. The number of carbonyl (C=O) groups is 1. The molecule has 0 aliphatic heterocycles. The molecule has 0 unspecified atom stereocenters. The van der Waals surface area contributed by atoms with Gasteiger partial charge in [-0.15, -0.1) is 0 Å². The number of ether oxygens (including phenoxy) is 1. The predicted octanol–water partition coefficient (Wildman–Crippen LogP) is 4.13. The van der Waals surface area contributed by atoms with Crippen LogP contribution in [0.3, 0.4) is 0 Å². The van der Waals surface area contributed by atoms with E-state index in [9.17, 15) is 18.0 Å². The minimum Gasteiger partial charge on any atom is -0.478 e. The Kier molecular flexibility index (Phi) is 5.12. The Hall–Kier alpha value is -3.69. The molecule has 0 fully saturated rings. The van der Waals surface area contributed by atoms with E-state index in [4.69, 9.17) is 14.4 Å². The Morgan fingerprint density at radius 3 is 2.54 bits per heavy atom. The maximum absolute atomic E-state index is 12.7. The van der Waals surface area contributed by atoms with Gasteiger partial charge in [-0.2, -0.15) is 18.2 Å². The van der Waals surface area contributed by atoms with Crippen molar-refractivity contribution in [3.8, 4) is 22.9 Å². The molecule has 2 heterocycles. The summed E-state index contributed by atoms with van der Waals surface area (Å²) >= 11 is 0. The van der Waals surface area contributed by atoms with E-state index < -0.39 is 17.8 Å². The normalized spacial score (nSPS) is 11.2. The summed E-state index contributed by atoms with van der Waals surface area (Å²) in [5.74, 6) is -0.552. The van der Waals surface area contributed by atoms with E-state index >= 15 is 0 Å². The third kappa shape index (κ3) is 4.53. The fraction of sp³-hybridized carbons (Fsp3) is 0.111. The first-order chi connectivity index (χ1) is 13.2. The largest absolute Gasteiger partial charge is 0.478 e. The highest BCUT2D eigenvalue weighted by Crippen LogP contribution is 2.31. The molecular formula is C18H12F3N3O4. The number of hydrogen-bond acceptors (Lipinski definition) is 6. The Labute approximate surface area is 156 Å². The van der Waals surface area contributed by atoms with Crippen LogP contribution in [0.2, 0.25) is 0 Å². The van der Waals surface area contributed by atoms with Gasteiger partial charge in [0.1, 0.15) is 17.2 Å². The minimum absolute atomic E-state index is 0.0101. The lowest BCUT2D eigenvalue weighted by Gasteiger charge is -2.09. The lowest BCUT2D eigenvalue weighted by Crippen LogP contribution is -2.07. The van der Waals surface area contributed by atoms with Gasteiger partial charge in [0.15, 0.2) is 0 Å². The summed E-state index contributed by atoms with van der Waals surface area (Å²) in [6.07, 6.45) is -3.64. The predicted molar refractivity (Wildman–Crippen MR) is 89.5 cm³/mol. The Morgan fingerprint density at radius 2 is 1.89 bits per heavy atom. The second-order valence-corrected chi connectivity index (χ2v) is 5.60. The number of rotatable bonds is 6. The Bertz CT molecular complexity index is 1010. The van der Waals surface area contributed by atoms with Gasteiger partial charge in [0.25, 0.3) is 0 Å². The maximum atomic E-state index is 12.7. The minimum atomic E-state index is -4.56. The summed E-state index contributed by atoms with van der Waals surface area (Å²) < 4.78 is 48.5. The number of aromatic nitrogens is 3. The summed E-state index contributed by atoms with van der Waals surface area (Å²) in [7, 11) is 0. The lowest BCUT2D eigenvalue weighted by molar-refractivity contribution is -0.141.